The third-order valence-corrected chi connectivity index (χ3v) is 4.76. The number of benzene rings is 1. The molecule has 1 heterocycles. The summed E-state index contributed by atoms with van der Waals surface area (Å²) in [5.41, 5.74) is 2.08. The minimum absolute atomic E-state index is 0.0341. The number of rotatable bonds is 10. The minimum atomic E-state index is 0.0341. The smallest absolute Gasteiger partial charge is 0.225 e. The first kappa shape index (κ1) is 19.4. The maximum absolute atomic E-state index is 12.1. The highest BCUT2D eigenvalue weighted by molar-refractivity contribution is 7.10. The van der Waals surface area contributed by atoms with E-state index in [2.05, 4.69) is 5.32 Å². The lowest BCUT2D eigenvalue weighted by Gasteiger charge is -2.24. The highest BCUT2D eigenvalue weighted by Crippen LogP contribution is 2.17. The van der Waals surface area contributed by atoms with E-state index in [0.717, 1.165) is 22.5 Å². The van der Waals surface area contributed by atoms with Crippen LogP contribution in [0.15, 0.2) is 41.8 Å². The van der Waals surface area contributed by atoms with Crippen LogP contribution in [-0.2, 0) is 17.6 Å². The van der Waals surface area contributed by atoms with Crippen LogP contribution in [0, 0.1) is 0 Å². The van der Waals surface area contributed by atoms with Crippen molar-refractivity contribution in [1.29, 1.82) is 0 Å². The molecule has 0 bridgehead atoms. The lowest BCUT2D eigenvalue weighted by Crippen LogP contribution is -2.35. The maximum Gasteiger partial charge on any atom is 0.225 e. The molecule has 1 aromatic heterocycles. The Balaban J connectivity index is 1.92. The largest absolute Gasteiger partial charge is 0.395 e. The number of thiophene rings is 1. The van der Waals surface area contributed by atoms with E-state index in [9.17, 15) is 15.0 Å². The molecule has 3 N–H and O–H groups in total. The van der Waals surface area contributed by atoms with Crippen molar-refractivity contribution in [3.05, 3.63) is 52.2 Å². The van der Waals surface area contributed by atoms with E-state index in [4.69, 9.17) is 0 Å². The molecule has 0 fully saturated rings. The fraction of sp³-hybridized carbons (Fsp3) is 0.421. The Morgan fingerprint density at radius 1 is 1.20 bits per heavy atom. The first-order valence-electron chi connectivity index (χ1n) is 8.49. The number of carbonyl (C=O) groups excluding carboxylic acids is 1. The predicted molar refractivity (Wildman–Crippen MR) is 102 cm³/mol. The molecule has 0 saturated heterocycles. The molecule has 0 spiro atoms. The normalized spacial score (nSPS) is 12.0. The third kappa shape index (κ3) is 6.49. The van der Waals surface area contributed by atoms with Gasteiger partial charge in [0.15, 0.2) is 0 Å². The zero-order valence-electron chi connectivity index (χ0n) is 14.5. The number of hydrogen-bond acceptors (Lipinski definition) is 5. The van der Waals surface area contributed by atoms with Crippen molar-refractivity contribution < 1.29 is 15.0 Å². The van der Waals surface area contributed by atoms with E-state index < -0.39 is 0 Å². The summed E-state index contributed by atoms with van der Waals surface area (Å²) in [6, 6.07) is 12.0. The van der Waals surface area contributed by atoms with Crippen molar-refractivity contribution in [2.45, 2.75) is 25.8 Å². The van der Waals surface area contributed by atoms with Gasteiger partial charge in [0.25, 0.3) is 0 Å². The van der Waals surface area contributed by atoms with E-state index in [1.165, 1.54) is 0 Å². The van der Waals surface area contributed by atoms with Crippen molar-refractivity contribution in [2.75, 3.05) is 31.2 Å². The molecule has 0 saturated carbocycles. The second-order valence-corrected chi connectivity index (χ2v) is 7.07. The Hall–Kier alpha value is -1.89. The van der Waals surface area contributed by atoms with E-state index >= 15 is 0 Å². The van der Waals surface area contributed by atoms with E-state index in [1.54, 1.807) is 11.3 Å². The standard InChI is InChI=1S/C19H26N2O3S/c1-15(20-19(24)14-18-6-3-11-25-18)12-16-4-2-5-17(13-16)21(7-9-22)8-10-23/h2-6,11,13,15,22-23H,7-10,12,14H2,1H3,(H,20,24). The molecule has 1 atom stereocenters. The van der Waals surface area contributed by atoms with Gasteiger partial charge >= 0.3 is 0 Å². The molecule has 2 rings (SSSR count). The third-order valence-electron chi connectivity index (χ3n) is 3.88. The molecule has 0 aliphatic heterocycles. The van der Waals surface area contributed by atoms with Crippen molar-refractivity contribution in [3.8, 4) is 0 Å². The van der Waals surface area contributed by atoms with Gasteiger partial charge in [-0.25, -0.2) is 0 Å². The first-order chi connectivity index (χ1) is 12.1. The molecular weight excluding hydrogens is 336 g/mol. The van der Waals surface area contributed by atoms with Crippen LogP contribution in [0.4, 0.5) is 5.69 Å². The Labute approximate surface area is 152 Å². The second-order valence-electron chi connectivity index (χ2n) is 6.03. The van der Waals surface area contributed by atoms with Crippen LogP contribution in [0.5, 0.6) is 0 Å². The summed E-state index contributed by atoms with van der Waals surface area (Å²) in [6.07, 6.45) is 1.15. The Bertz CT molecular complexity index is 640. The van der Waals surface area contributed by atoms with Crippen molar-refractivity contribution in [1.82, 2.24) is 5.32 Å². The fourth-order valence-electron chi connectivity index (χ4n) is 2.79. The van der Waals surface area contributed by atoms with Gasteiger partial charge in [-0.05, 0) is 42.5 Å². The first-order valence-corrected chi connectivity index (χ1v) is 9.37. The monoisotopic (exact) mass is 362 g/mol. The summed E-state index contributed by atoms with van der Waals surface area (Å²) in [6.45, 7) is 3.05. The van der Waals surface area contributed by atoms with Gasteiger partial charge in [0.05, 0.1) is 19.6 Å². The summed E-state index contributed by atoms with van der Waals surface area (Å²) in [7, 11) is 0. The number of nitrogens with zero attached hydrogens (tertiary/aromatic N) is 1. The minimum Gasteiger partial charge on any atom is -0.395 e. The van der Waals surface area contributed by atoms with Gasteiger partial charge in [-0.15, -0.1) is 11.3 Å². The van der Waals surface area contributed by atoms with Crippen LogP contribution in [0.3, 0.4) is 0 Å². The van der Waals surface area contributed by atoms with E-state index in [-0.39, 0.29) is 25.2 Å². The summed E-state index contributed by atoms with van der Waals surface area (Å²) >= 11 is 1.59. The molecule has 25 heavy (non-hydrogen) atoms. The summed E-state index contributed by atoms with van der Waals surface area (Å²) in [5.74, 6) is 0.0355. The maximum atomic E-state index is 12.1. The molecule has 1 amide bonds. The van der Waals surface area contributed by atoms with Crippen LogP contribution in [-0.4, -0.2) is 48.5 Å². The van der Waals surface area contributed by atoms with Crippen LogP contribution in [0.1, 0.15) is 17.4 Å². The van der Waals surface area contributed by atoms with Crippen LogP contribution < -0.4 is 10.2 Å². The topological polar surface area (TPSA) is 72.8 Å². The lowest BCUT2D eigenvalue weighted by molar-refractivity contribution is -0.120. The number of carbonyl (C=O) groups is 1. The Morgan fingerprint density at radius 2 is 1.96 bits per heavy atom. The lowest BCUT2D eigenvalue weighted by atomic mass is 10.1. The Kier molecular flexibility index (Phi) is 7.91. The molecule has 136 valence electrons. The molecule has 0 aliphatic carbocycles. The van der Waals surface area contributed by atoms with Gasteiger partial charge in [-0.3, -0.25) is 4.79 Å². The van der Waals surface area contributed by atoms with E-state index in [1.807, 2.05) is 53.6 Å². The second kappa shape index (κ2) is 10.2. The summed E-state index contributed by atoms with van der Waals surface area (Å²) in [5, 5.41) is 23.4. The molecule has 2 aromatic rings. The molecule has 5 nitrogen and oxygen atoms in total. The SMILES string of the molecule is CC(Cc1cccc(N(CCO)CCO)c1)NC(=O)Cc1cccs1. The predicted octanol–water partition coefficient (Wildman–Crippen LogP) is 1.83. The number of amides is 1. The van der Waals surface area contributed by atoms with Gasteiger partial charge in [0.1, 0.15) is 0 Å². The average molecular weight is 362 g/mol. The van der Waals surface area contributed by atoms with Gasteiger partial charge in [-0.2, -0.15) is 0 Å². The quantitative estimate of drug-likeness (QED) is 0.603. The van der Waals surface area contributed by atoms with Crippen LogP contribution in [0.25, 0.3) is 0 Å². The average Bonchev–Trinajstić information content (AvgIpc) is 3.07. The van der Waals surface area contributed by atoms with Crippen molar-refractivity contribution >= 4 is 22.9 Å². The number of nitrogens with one attached hydrogen (secondary N) is 1. The zero-order chi connectivity index (χ0) is 18.1. The van der Waals surface area contributed by atoms with Crippen molar-refractivity contribution in [2.24, 2.45) is 0 Å². The van der Waals surface area contributed by atoms with Crippen LogP contribution in [0.2, 0.25) is 0 Å². The van der Waals surface area contributed by atoms with Gasteiger partial charge in [-0.1, -0.05) is 18.2 Å². The summed E-state index contributed by atoms with van der Waals surface area (Å²) < 4.78 is 0. The molecule has 1 aromatic carbocycles. The number of aliphatic hydroxyl groups excluding tert-OH is 2. The van der Waals surface area contributed by atoms with Crippen molar-refractivity contribution in [3.63, 3.8) is 0 Å². The molecular formula is C19H26N2O3S. The highest BCUT2D eigenvalue weighted by Gasteiger charge is 2.11. The molecule has 1 unspecified atom stereocenters. The van der Waals surface area contributed by atoms with Gasteiger partial charge < -0.3 is 20.4 Å². The fourth-order valence-corrected chi connectivity index (χ4v) is 3.50. The number of hydrogen-bond donors (Lipinski definition) is 3. The van der Waals surface area contributed by atoms with Gasteiger partial charge in [0, 0.05) is 29.7 Å². The zero-order valence-corrected chi connectivity index (χ0v) is 15.3. The Morgan fingerprint density at radius 3 is 2.60 bits per heavy atom. The highest BCUT2D eigenvalue weighted by atomic mass is 32.1. The molecule has 6 heteroatoms. The van der Waals surface area contributed by atoms with Crippen LogP contribution >= 0.6 is 11.3 Å². The summed E-state index contributed by atoms with van der Waals surface area (Å²) in [4.78, 5) is 15.1. The molecule has 0 aliphatic rings. The molecule has 0 radical (unpaired) electrons. The number of aliphatic hydroxyl groups is 2. The van der Waals surface area contributed by atoms with Gasteiger partial charge in [0.2, 0.25) is 5.91 Å². The number of anilines is 1. The van der Waals surface area contributed by atoms with E-state index in [0.29, 0.717) is 19.5 Å².